The SMILES string of the molecule is CCN(CC(=O)Nc1c(C)cccc1C)C(=O)c1cncc(C(=O)O)c1. The van der Waals surface area contributed by atoms with Gasteiger partial charge in [0, 0.05) is 24.6 Å². The highest BCUT2D eigenvalue weighted by Crippen LogP contribution is 2.19. The van der Waals surface area contributed by atoms with Crippen LogP contribution in [0.25, 0.3) is 0 Å². The number of carboxylic acids is 1. The zero-order valence-electron chi connectivity index (χ0n) is 14.9. The molecule has 2 rings (SSSR count). The minimum atomic E-state index is -1.16. The molecule has 0 aliphatic rings. The highest BCUT2D eigenvalue weighted by atomic mass is 16.4. The Kier molecular flexibility index (Phi) is 6.06. The van der Waals surface area contributed by atoms with E-state index in [-0.39, 0.29) is 23.6 Å². The summed E-state index contributed by atoms with van der Waals surface area (Å²) in [5, 5.41) is 11.9. The molecule has 0 fully saturated rings. The maximum Gasteiger partial charge on any atom is 0.337 e. The zero-order valence-corrected chi connectivity index (χ0v) is 14.9. The third-order valence-electron chi connectivity index (χ3n) is 3.98. The largest absolute Gasteiger partial charge is 0.478 e. The van der Waals surface area contributed by atoms with E-state index in [0.29, 0.717) is 6.54 Å². The van der Waals surface area contributed by atoms with E-state index in [9.17, 15) is 14.4 Å². The Morgan fingerprint density at radius 1 is 1.12 bits per heavy atom. The summed E-state index contributed by atoms with van der Waals surface area (Å²) in [6.07, 6.45) is 2.46. The first-order valence-corrected chi connectivity index (χ1v) is 8.17. The molecule has 0 atom stereocenters. The first kappa shape index (κ1) is 19.1. The Labute approximate surface area is 151 Å². The fraction of sp³-hybridized carbons (Fsp3) is 0.263. The number of hydrogen-bond donors (Lipinski definition) is 2. The van der Waals surface area contributed by atoms with Crippen LogP contribution in [0.2, 0.25) is 0 Å². The normalized spacial score (nSPS) is 10.3. The Balaban J connectivity index is 2.13. The second-order valence-electron chi connectivity index (χ2n) is 5.90. The fourth-order valence-electron chi connectivity index (χ4n) is 2.55. The highest BCUT2D eigenvalue weighted by molar-refractivity contribution is 6.01. The van der Waals surface area contributed by atoms with Crippen LogP contribution in [0, 0.1) is 13.8 Å². The molecule has 0 unspecified atom stereocenters. The highest BCUT2D eigenvalue weighted by Gasteiger charge is 2.19. The molecule has 0 aliphatic heterocycles. The lowest BCUT2D eigenvalue weighted by Gasteiger charge is -2.21. The number of aromatic carboxylic acids is 1. The lowest BCUT2D eigenvalue weighted by atomic mass is 10.1. The first-order chi connectivity index (χ1) is 12.3. The number of carbonyl (C=O) groups is 3. The summed E-state index contributed by atoms with van der Waals surface area (Å²) in [5.41, 5.74) is 2.66. The number of nitrogens with one attached hydrogen (secondary N) is 1. The molecule has 7 nitrogen and oxygen atoms in total. The number of hydrogen-bond acceptors (Lipinski definition) is 4. The molecule has 0 bridgehead atoms. The number of benzene rings is 1. The van der Waals surface area contributed by atoms with Gasteiger partial charge in [-0.15, -0.1) is 0 Å². The number of carboxylic acid groups (broad SMARTS) is 1. The van der Waals surface area contributed by atoms with E-state index in [0.717, 1.165) is 16.8 Å². The van der Waals surface area contributed by atoms with Crippen LogP contribution < -0.4 is 5.32 Å². The van der Waals surface area contributed by atoms with Crippen molar-refractivity contribution in [3.05, 3.63) is 58.9 Å². The number of aromatic nitrogens is 1. The molecule has 0 spiro atoms. The number of amides is 2. The van der Waals surface area contributed by atoms with Crippen molar-refractivity contribution in [2.45, 2.75) is 20.8 Å². The van der Waals surface area contributed by atoms with Crippen LogP contribution in [0.4, 0.5) is 5.69 Å². The predicted octanol–water partition coefficient (Wildman–Crippen LogP) is 2.50. The third kappa shape index (κ3) is 4.44. The van der Waals surface area contributed by atoms with E-state index < -0.39 is 11.9 Å². The van der Waals surface area contributed by atoms with Gasteiger partial charge in [0.25, 0.3) is 5.91 Å². The third-order valence-corrected chi connectivity index (χ3v) is 3.98. The van der Waals surface area contributed by atoms with Crippen molar-refractivity contribution in [1.29, 1.82) is 0 Å². The zero-order chi connectivity index (χ0) is 19.3. The van der Waals surface area contributed by atoms with Gasteiger partial charge in [-0.3, -0.25) is 14.6 Å². The van der Waals surface area contributed by atoms with Gasteiger partial charge in [0.1, 0.15) is 6.54 Å². The number of rotatable bonds is 6. The molecule has 136 valence electrons. The average molecular weight is 355 g/mol. The van der Waals surface area contributed by atoms with Crippen LogP contribution in [0.1, 0.15) is 38.8 Å². The molecule has 1 aromatic carbocycles. The van der Waals surface area contributed by atoms with Crippen LogP contribution in [0.3, 0.4) is 0 Å². The van der Waals surface area contributed by atoms with E-state index in [1.165, 1.54) is 23.4 Å². The standard InChI is InChI=1S/C19H21N3O4/c1-4-22(18(24)14-8-15(19(25)26)10-20-9-14)11-16(23)21-17-12(2)6-5-7-13(17)3/h5-10H,4,11H2,1-3H3,(H,21,23)(H,25,26). The van der Waals surface area contributed by atoms with E-state index in [1.54, 1.807) is 6.92 Å². The number of carbonyl (C=O) groups excluding carboxylic acids is 2. The molecule has 2 aromatic rings. The van der Waals surface area contributed by atoms with Crippen molar-refractivity contribution in [1.82, 2.24) is 9.88 Å². The van der Waals surface area contributed by atoms with Crippen molar-refractivity contribution in [3.63, 3.8) is 0 Å². The monoisotopic (exact) mass is 355 g/mol. The smallest absolute Gasteiger partial charge is 0.337 e. The van der Waals surface area contributed by atoms with Crippen LogP contribution in [-0.4, -0.2) is 45.9 Å². The number of aryl methyl sites for hydroxylation is 2. The Bertz CT molecular complexity index is 828. The summed E-state index contributed by atoms with van der Waals surface area (Å²) in [4.78, 5) is 41.1. The number of likely N-dealkylation sites (N-methyl/N-ethyl adjacent to an activating group) is 1. The van der Waals surface area contributed by atoms with Gasteiger partial charge in [-0.05, 0) is 38.0 Å². The Hall–Kier alpha value is -3.22. The van der Waals surface area contributed by atoms with Gasteiger partial charge >= 0.3 is 5.97 Å². The van der Waals surface area contributed by atoms with Crippen molar-refractivity contribution < 1.29 is 19.5 Å². The molecule has 1 heterocycles. The minimum absolute atomic E-state index is 0.0770. The van der Waals surface area contributed by atoms with Gasteiger partial charge in [-0.1, -0.05) is 18.2 Å². The van der Waals surface area contributed by atoms with Crippen LogP contribution in [0.5, 0.6) is 0 Å². The second-order valence-corrected chi connectivity index (χ2v) is 5.90. The molecule has 1 aromatic heterocycles. The molecule has 2 amide bonds. The molecular weight excluding hydrogens is 334 g/mol. The van der Waals surface area contributed by atoms with Crippen molar-refractivity contribution in [2.75, 3.05) is 18.4 Å². The maximum absolute atomic E-state index is 12.6. The van der Waals surface area contributed by atoms with Crippen LogP contribution in [-0.2, 0) is 4.79 Å². The summed E-state index contributed by atoms with van der Waals surface area (Å²) in [7, 11) is 0. The van der Waals surface area contributed by atoms with E-state index in [4.69, 9.17) is 5.11 Å². The lowest BCUT2D eigenvalue weighted by Crippen LogP contribution is -2.38. The molecular formula is C19H21N3O4. The van der Waals surface area contributed by atoms with Crippen LogP contribution in [0.15, 0.2) is 36.7 Å². The maximum atomic E-state index is 12.6. The molecule has 7 heteroatoms. The van der Waals surface area contributed by atoms with Crippen molar-refractivity contribution in [2.24, 2.45) is 0 Å². The van der Waals surface area contributed by atoms with Gasteiger partial charge < -0.3 is 15.3 Å². The number of pyridine rings is 1. The first-order valence-electron chi connectivity index (χ1n) is 8.17. The summed E-state index contributed by atoms with van der Waals surface area (Å²) >= 11 is 0. The Morgan fingerprint density at radius 2 is 1.73 bits per heavy atom. The topological polar surface area (TPSA) is 99.6 Å². The molecule has 26 heavy (non-hydrogen) atoms. The predicted molar refractivity (Wildman–Crippen MR) is 97.3 cm³/mol. The van der Waals surface area contributed by atoms with E-state index in [1.807, 2.05) is 32.0 Å². The summed E-state index contributed by atoms with van der Waals surface area (Å²) in [6.45, 7) is 5.71. The molecule has 0 radical (unpaired) electrons. The molecule has 0 aliphatic carbocycles. The second kappa shape index (κ2) is 8.24. The van der Waals surface area contributed by atoms with E-state index in [2.05, 4.69) is 10.3 Å². The average Bonchev–Trinajstić information content (AvgIpc) is 2.62. The number of para-hydroxylation sites is 1. The molecule has 0 saturated heterocycles. The minimum Gasteiger partial charge on any atom is -0.478 e. The summed E-state index contributed by atoms with van der Waals surface area (Å²) in [6, 6.07) is 6.96. The van der Waals surface area contributed by atoms with Gasteiger partial charge in [-0.2, -0.15) is 0 Å². The Morgan fingerprint density at radius 3 is 2.31 bits per heavy atom. The number of anilines is 1. The van der Waals surface area contributed by atoms with Gasteiger partial charge in [-0.25, -0.2) is 4.79 Å². The lowest BCUT2D eigenvalue weighted by molar-refractivity contribution is -0.116. The van der Waals surface area contributed by atoms with Gasteiger partial charge in [0.15, 0.2) is 0 Å². The van der Waals surface area contributed by atoms with Gasteiger partial charge in [0.2, 0.25) is 5.91 Å². The molecule has 2 N–H and O–H groups in total. The quantitative estimate of drug-likeness (QED) is 0.829. The molecule has 0 saturated carbocycles. The van der Waals surface area contributed by atoms with Crippen molar-refractivity contribution in [3.8, 4) is 0 Å². The van der Waals surface area contributed by atoms with E-state index >= 15 is 0 Å². The summed E-state index contributed by atoms with van der Waals surface area (Å²) in [5.74, 6) is -1.93. The summed E-state index contributed by atoms with van der Waals surface area (Å²) < 4.78 is 0. The fourth-order valence-corrected chi connectivity index (χ4v) is 2.55. The van der Waals surface area contributed by atoms with Gasteiger partial charge in [0.05, 0.1) is 11.1 Å². The number of nitrogens with zero attached hydrogens (tertiary/aromatic N) is 2. The van der Waals surface area contributed by atoms with Crippen molar-refractivity contribution >= 4 is 23.5 Å². The van der Waals surface area contributed by atoms with Crippen LogP contribution >= 0.6 is 0 Å².